The number of rotatable bonds is 5. The lowest BCUT2D eigenvalue weighted by molar-refractivity contribution is -0.111. The van der Waals surface area contributed by atoms with Crippen LogP contribution in [0.15, 0.2) is 58.5 Å². The molecular weight excluding hydrogens is 393 g/mol. The first-order valence-electron chi connectivity index (χ1n) is 7.09. The molecule has 0 saturated carbocycles. The van der Waals surface area contributed by atoms with Crippen LogP contribution in [-0.2, 0) is 11.3 Å². The summed E-state index contributed by atoms with van der Waals surface area (Å²) in [4.78, 5) is 13.2. The van der Waals surface area contributed by atoms with E-state index in [0.29, 0.717) is 17.9 Å². The Hall–Kier alpha value is -2.25. The van der Waals surface area contributed by atoms with Gasteiger partial charge >= 0.3 is 0 Å². The fourth-order valence-corrected chi connectivity index (χ4v) is 3.53. The van der Waals surface area contributed by atoms with Gasteiger partial charge in [-0.2, -0.15) is 5.10 Å². The number of benzene rings is 1. The number of nitrogens with zero attached hydrogens (tertiary/aromatic N) is 2. The molecule has 0 atom stereocenters. The third kappa shape index (κ3) is 4.39. The molecule has 0 saturated heterocycles. The zero-order chi connectivity index (χ0) is 16.9. The number of carbonyl (C=O) groups is 1. The molecule has 0 radical (unpaired) electrons. The van der Waals surface area contributed by atoms with Gasteiger partial charge in [-0.05, 0) is 45.8 Å². The first kappa shape index (κ1) is 16.6. The van der Waals surface area contributed by atoms with Crippen molar-refractivity contribution in [2.75, 3.05) is 5.32 Å². The molecule has 0 aliphatic carbocycles. The second-order valence-corrected chi connectivity index (χ2v) is 6.89. The van der Waals surface area contributed by atoms with Crippen LogP contribution in [0.25, 0.3) is 6.08 Å². The normalized spacial score (nSPS) is 11.1. The Morgan fingerprint density at radius 2 is 2.25 bits per heavy atom. The average Bonchev–Trinajstić information content (AvgIpc) is 3.15. The van der Waals surface area contributed by atoms with Crippen molar-refractivity contribution in [2.45, 2.75) is 6.54 Å². The van der Waals surface area contributed by atoms with Crippen LogP contribution in [0.1, 0.15) is 10.4 Å². The minimum absolute atomic E-state index is 0.298. The van der Waals surface area contributed by atoms with Crippen molar-refractivity contribution < 1.29 is 9.18 Å². The van der Waals surface area contributed by atoms with E-state index in [-0.39, 0.29) is 11.7 Å². The minimum Gasteiger partial charge on any atom is -0.307 e. The van der Waals surface area contributed by atoms with Crippen molar-refractivity contribution in [3.05, 3.63) is 74.8 Å². The maximum absolute atomic E-state index is 13.1. The topological polar surface area (TPSA) is 46.9 Å². The van der Waals surface area contributed by atoms with Gasteiger partial charge in [0.25, 0.3) is 0 Å². The number of anilines is 1. The monoisotopic (exact) mass is 405 g/mol. The van der Waals surface area contributed by atoms with Crippen LogP contribution in [0.3, 0.4) is 0 Å². The van der Waals surface area contributed by atoms with E-state index in [1.807, 2.05) is 11.4 Å². The maximum atomic E-state index is 13.1. The predicted octanol–water partition coefficient (Wildman–Crippen LogP) is 4.55. The standard InChI is InChI=1S/C17H13BrFN3OS/c18-13-9-15(24-11-13)10-22-16(6-7-20-22)21-17(23)5-4-12-2-1-3-14(19)8-12/h1-9,11H,10H2,(H,21,23)/b5-4+. The highest BCUT2D eigenvalue weighted by atomic mass is 79.9. The number of nitrogens with one attached hydrogen (secondary N) is 1. The van der Waals surface area contributed by atoms with Gasteiger partial charge in [-0.1, -0.05) is 12.1 Å². The highest BCUT2D eigenvalue weighted by Gasteiger charge is 2.07. The van der Waals surface area contributed by atoms with Gasteiger partial charge in [-0.3, -0.25) is 4.79 Å². The van der Waals surface area contributed by atoms with Crippen LogP contribution in [-0.4, -0.2) is 15.7 Å². The van der Waals surface area contributed by atoms with Crippen molar-refractivity contribution in [1.29, 1.82) is 0 Å². The molecule has 1 aromatic carbocycles. The van der Waals surface area contributed by atoms with Crippen LogP contribution in [0.5, 0.6) is 0 Å². The number of amides is 1. The lowest BCUT2D eigenvalue weighted by atomic mass is 10.2. The van der Waals surface area contributed by atoms with Crippen molar-refractivity contribution in [1.82, 2.24) is 9.78 Å². The van der Waals surface area contributed by atoms with Crippen molar-refractivity contribution in [2.24, 2.45) is 0 Å². The third-order valence-corrected chi connectivity index (χ3v) is 4.85. The van der Waals surface area contributed by atoms with Crippen molar-refractivity contribution in [3.63, 3.8) is 0 Å². The van der Waals surface area contributed by atoms with E-state index in [9.17, 15) is 9.18 Å². The van der Waals surface area contributed by atoms with E-state index >= 15 is 0 Å². The van der Waals surface area contributed by atoms with Gasteiger partial charge in [0, 0.05) is 26.9 Å². The SMILES string of the molecule is O=C(/C=C/c1cccc(F)c1)Nc1ccnn1Cc1cc(Br)cs1. The molecule has 1 amide bonds. The van der Waals surface area contributed by atoms with Gasteiger partial charge in [0.05, 0.1) is 12.7 Å². The molecule has 0 unspecified atom stereocenters. The van der Waals surface area contributed by atoms with Gasteiger partial charge in [-0.25, -0.2) is 9.07 Å². The molecule has 1 N–H and O–H groups in total. The summed E-state index contributed by atoms with van der Waals surface area (Å²) in [5, 5.41) is 9.00. The summed E-state index contributed by atoms with van der Waals surface area (Å²) in [6.45, 7) is 0.576. The Morgan fingerprint density at radius 1 is 1.38 bits per heavy atom. The van der Waals surface area contributed by atoms with Crippen LogP contribution in [0.2, 0.25) is 0 Å². The van der Waals surface area contributed by atoms with E-state index in [1.165, 1.54) is 18.2 Å². The fraction of sp³-hybridized carbons (Fsp3) is 0.0588. The van der Waals surface area contributed by atoms with E-state index in [1.54, 1.807) is 46.5 Å². The summed E-state index contributed by atoms with van der Waals surface area (Å²) in [6.07, 6.45) is 4.57. The summed E-state index contributed by atoms with van der Waals surface area (Å²) in [5.74, 6) is -0.0282. The van der Waals surface area contributed by atoms with Gasteiger partial charge in [0.1, 0.15) is 11.6 Å². The molecule has 0 bridgehead atoms. The number of halogens is 2. The molecule has 0 spiro atoms. The fourth-order valence-electron chi connectivity index (χ4n) is 2.10. The average molecular weight is 406 g/mol. The molecule has 0 fully saturated rings. The Balaban J connectivity index is 1.66. The number of thiophene rings is 1. The summed E-state index contributed by atoms with van der Waals surface area (Å²) in [6, 6.07) is 9.80. The second-order valence-electron chi connectivity index (χ2n) is 4.98. The molecule has 24 heavy (non-hydrogen) atoms. The summed E-state index contributed by atoms with van der Waals surface area (Å²) < 4.78 is 15.9. The van der Waals surface area contributed by atoms with Crippen molar-refractivity contribution >= 4 is 45.1 Å². The Kier molecular flexibility index (Phi) is 5.22. The van der Waals surface area contributed by atoms with Crippen LogP contribution in [0.4, 0.5) is 10.2 Å². The first-order valence-corrected chi connectivity index (χ1v) is 8.77. The zero-order valence-corrected chi connectivity index (χ0v) is 14.8. The zero-order valence-electron chi connectivity index (χ0n) is 12.4. The molecule has 7 heteroatoms. The Bertz CT molecular complexity index is 887. The number of carbonyl (C=O) groups excluding carboxylic acids is 1. The predicted molar refractivity (Wildman–Crippen MR) is 97.4 cm³/mol. The maximum Gasteiger partial charge on any atom is 0.249 e. The van der Waals surface area contributed by atoms with Crippen molar-refractivity contribution in [3.8, 4) is 0 Å². The second kappa shape index (κ2) is 7.55. The number of hydrogen-bond acceptors (Lipinski definition) is 3. The van der Waals surface area contributed by atoms with Gasteiger partial charge in [0.15, 0.2) is 0 Å². The third-order valence-electron chi connectivity index (χ3n) is 3.17. The molecule has 2 aromatic heterocycles. The highest BCUT2D eigenvalue weighted by Crippen LogP contribution is 2.21. The minimum atomic E-state index is -0.335. The summed E-state index contributed by atoms with van der Waals surface area (Å²) in [5.41, 5.74) is 0.627. The molecule has 122 valence electrons. The molecular formula is C17H13BrFN3OS. The van der Waals surface area contributed by atoms with E-state index in [4.69, 9.17) is 0 Å². The van der Waals surface area contributed by atoms with E-state index in [2.05, 4.69) is 26.3 Å². The van der Waals surface area contributed by atoms with Gasteiger partial charge < -0.3 is 5.32 Å². The van der Waals surface area contributed by atoms with Gasteiger partial charge in [-0.15, -0.1) is 11.3 Å². The molecule has 3 aromatic rings. The molecule has 0 aliphatic rings. The first-order chi connectivity index (χ1) is 11.6. The Morgan fingerprint density at radius 3 is 3.00 bits per heavy atom. The lowest BCUT2D eigenvalue weighted by Crippen LogP contribution is -2.13. The molecule has 0 aliphatic heterocycles. The molecule has 3 rings (SSSR count). The van der Waals surface area contributed by atoms with E-state index in [0.717, 1.165) is 9.35 Å². The number of aromatic nitrogens is 2. The highest BCUT2D eigenvalue weighted by molar-refractivity contribution is 9.10. The lowest BCUT2D eigenvalue weighted by Gasteiger charge is -2.06. The summed E-state index contributed by atoms with van der Waals surface area (Å²) >= 11 is 5.03. The quantitative estimate of drug-likeness (QED) is 0.633. The molecule has 2 heterocycles. The Labute approximate surface area is 150 Å². The largest absolute Gasteiger partial charge is 0.307 e. The summed E-state index contributed by atoms with van der Waals surface area (Å²) in [7, 11) is 0. The number of hydrogen-bond donors (Lipinski definition) is 1. The van der Waals surface area contributed by atoms with Crippen LogP contribution >= 0.6 is 27.3 Å². The van der Waals surface area contributed by atoms with Gasteiger partial charge in [0.2, 0.25) is 5.91 Å². The smallest absolute Gasteiger partial charge is 0.249 e. The van der Waals surface area contributed by atoms with Crippen LogP contribution < -0.4 is 5.32 Å². The molecule has 4 nitrogen and oxygen atoms in total. The van der Waals surface area contributed by atoms with E-state index < -0.39 is 0 Å². The van der Waals surface area contributed by atoms with Crippen LogP contribution in [0, 0.1) is 5.82 Å².